The molecule has 0 amide bonds. The van der Waals surface area contributed by atoms with Crippen LogP contribution in [0.15, 0.2) is 54.2 Å². The van der Waals surface area contributed by atoms with Gasteiger partial charge in [0, 0.05) is 18.7 Å². The Morgan fingerprint density at radius 2 is 2.15 bits per heavy atom. The predicted octanol–water partition coefficient (Wildman–Crippen LogP) is 3.10. The summed E-state index contributed by atoms with van der Waals surface area (Å²) in [5.74, 6) is 1.10. The summed E-state index contributed by atoms with van der Waals surface area (Å²) in [4.78, 5) is 6.91. The standard InChI is InChI=1S/C21H25N3O2/c1-3-5-17(12-16(2)15-22)18-13-21(25,14-18)19-6-4-7-20(23-19)24-8-10-26-11-9-24/h3-7,12,18,25H,2,8-11,13-14H2,1H3/b5-3?,17-12+. The van der Waals surface area contributed by atoms with E-state index < -0.39 is 5.60 Å². The van der Waals surface area contributed by atoms with Crippen LogP contribution in [0.3, 0.4) is 0 Å². The molecule has 2 aliphatic rings. The van der Waals surface area contributed by atoms with Gasteiger partial charge in [-0.2, -0.15) is 5.26 Å². The third-order valence-electron chi connectivity index (χ3n) is 5.03. The monoisotopic (exact) mass is 351 g/mol. The molecule has 136 valence electrons. The number of nitriles is 1. The Hall–Kier alpha value is -2.42. The Labute approximate surface area is 154 Å². The number of nitrogens with zero attached hydrogens (tertiary/aromatic N) is 3. The van der Waals surface area contributed by atoms with Crippen LogP contribution < -0.4 is 4.90 Å². The summed E-state index contributed by atoms with van der Waals surface area (Å²) in [7, 11) is 0. The van der Waals surface area contributed by atoms with Crippen molar-refractivity contribution in [1.82, 2.24) is 4.98 Å². The van der Waals surface area contributed by atoms with Crippen molar-refractivity contribution in [1.29, 1.82) is 5.26 Å². The van der Waals surface area contributed by atoms with Gasteiger partial charge in [-0.15, -0.1) is 0 Å². The Bertz CT molecular complexity index is 764. The van der Waals surface area contributed by atoms with E-state index in [4.69, 9.17) is 15.0 Å². The number of hydrogen-bond donors (Lipinski definition) is 1. The number of anilines is 1. The molecule has 0 atom stereocenters. The fourth-order valence-corrected chi connectivity index (χ4v) is 3.58. The molecular weight excluding hydrogens is 326 g/mol. The smallest absolute Gasteiger partial charge is 0.129 e. The first kappa shape index (κ1) is 18.4. The van der Waals surface area contributed by atoms with Gasteiger partial charge in [0.25, 0.3) is 0 Å². The Kier molecular flexibility index (Phi) is 5.55. The quantitative estimate of drug-likeness (QED) is 0.652. The fraction of sp³-hybridized carbons (Fsp3) is 0.429. The van der Waals surface area contributed by atoms with E-state index in [1.165, 1.54) is 0 Å². The lowest BCUT2D eigenvalue weighted by Crippen LogP contribution is -2.43. The number of ether oxygens (including phenoxy) is 1. The largest absolute Gasteiger partial charge is 0.384 e. The molecule has 1 aliphatic heterocycles. The molecule has 1 aromatic heterocycles. The van der Waals surface area contributed by atoms with Crippen LogP contribution in [0.4, 0.5) is 5.82 Å². The number of morpholine rings is 1. The van der Waals surface area contributed by atoms with E-state index in [1.54, 1.807) is 0 Å². The predicted molar refractivity (Wildman–Crippen MR) is 102 cm³/mol. The first-order valence-corrected chi connectivity index (χ1v) is 9.01. The van der Waals surface area contributed by atoms with Gasteiger partial charge in [0.2, 0.25) is 0 Å². The Morgan fingerprint density at radius 1 is 1.42 bits per heavy atom. The van der Waals surface area contributed by atoms with E-state index in [2.05, 4.69) is 17.5 Å². The minimum Gasteiger partial charge on any atom is -0.384 e. The van der Waals surface area contributed by atoms with Crippen molar-refractivity contribution in [2.45, 2.75) is 25.4 Å². The molecule has 0 aromatic carbocycles. The van der Waals surface area contributed by atoms with Gasteiger partial charge in [-0.05, 0) is 49.5 Å². The molecule has 1 aliphatic carbocycles. The van der Waals surface area contributed by atoms with Gasteiger partial charge >= 0.3 is 0 Å². The molecule has 0 bridgehead atoms. The van der Waals surface area contributed by atoms with E-state index in [1.807, 2.05) is 43.4 Å². The fourth-order valence-electron chi connectivity index (χ4n) is 3.58. The number of aromatic nitrogens is 1. The lowest BCUT2D eigenvalue weighted by atomic mass is 9.65. The first-order chi connectivity index (χ1) is 12.6. The third kappa shape index (κ3) is 3.87. The first-order valence-electron chi connectivity index (χ1n) is 9.01. The van der Waals surface area contributed by atoms with E-state index in [-0.39, 0.29) is 5.92 Å². The van der Waals surface area contributed by atoms with Crippen molar-refractivity contribution in [3.05, 3.63) is 59.8 Å². The Morgan fingerprint density at radius 3 is 2.81 bits per heavy atom. The number of rotatable bonds is 5. The molecule has 5 heteroatoms. The second-order valence-corrected chi connectivity index (χ2v) is 6.90. The van der Waals surface area contributed by atoms with Gasteiger partial charge in [-0.3, -0.25) is 0 Å². The lowest BCUT2D eigenvalue weighted by molar-refractivity contribution is -0.0709. The number of pyridine rings is 1. The summed E-state index contributed by atoms with van der Waals surface area (Å²) >= 11 is 0. The minimum atomic E-state index is -0.915. The normalized spacial score (nSPS) is 26.4. The van der Waals surface area contributed by atoms with Crippen molar-refractivity contribution in [2.75, 3.05) is 31.2 Å². The zero-order valence-electron chi connectivity index (χ0n) is 15.2. The van der Waals surface area contributed by atoms with Crippen molar-refractivity contribution in [3.63, 3.8) is 0 Å². The maximum absolute atomic E-state index is 11.0. The Balaban J connectivity index is 1.74. The molecule has 2 fully saturated rings. The number of hydrogen-bond acceptors (Lipinski definition) is 5. The average Bonchev–Trinajstić information content (AvgIpc) is 2.66. The molecule has 5 nitrogen and oxygen atoms in total. The number of aliphatic hydroxyl groups is 1. The van der Waals surface area contributed by atoms with Gasteiger partial charge in [-0.1, -0.05) is 24.8 Å². The van der Waals surface area contributed by atoms with Gasteiger partial charge in [0.15, 0.2) is 0 Å². The minimum absolute atomic E-state index is 0.204. The van der Waals surface area contributed by atoms with Crippen LogP contribution in [0.1, 0.15) is 25.5 Å². The van der Waals surface area contributed by atoms with Crippen molar-refractivity contribution >= 4 is 5.82 Å². The lowest BCUT2D eigenvalue weighted by Gasteiger charge is -2.44. The molecule has 1 aromatic rings. The second-order valence-electron chi connectivity index (χ2n) is 6.90. The second kappa shape index (κ2) is 7.86. The van der Waals surface area contributed by atoms with E-state index >= 15 is 0 Å². The molecule has 0 unspecified atom stereocenters. The van der Waals surface area contributed by atoms with Crippen molar-refractivity contribution < 1.29 is 9.84 Å². The summed E-state index contributed by atoms with van der Waals surface area (Å²) < 4.78 is 5.39. The summed E-state index contributed by atoms with van der Waals surface area (Å²) in [6.07, 6.45) is 6.94. The molecule has 1 saturated heterocycles. The SMILES string of the molecule is C=C(C#N)/C=C(\C=CC)C1CC(O)(c2cccc(N3CCOCC3)n2)C1. The molecule has 3 rings (SSSR count). The van der Waals surface area contributed by atoms with Gasteiger partial charge < -0.3 is 14.7 Å². The highest BCUT2D eigenvalue weighted by molar-refractivity contribution is 5.43. The highest BCUT2D eigenvalue weighted by Crippen LogP contribution is 2.48. The summed E-state index contributed by atoms with van der Waals surface area (Å²) in [5.41, 5.74) is 1.27. The molecular formula is C21H25N3O2. The average molecular weight is 351 g/mol. The van der Waals surface area contributed by atoms with E-state index in [0.29, 0.717) is 31.6 Å². The molecule has 1 N–H and O–H groups in total. The summed E-state index contributed by atoms with van der Waals surface area (Å²) in [5, 5.41) is 20.0. The van der Waals surface area contributed by atoms with E-state index in [0.717, 1.165) is 30.2 Å². The zero-order valence-corrected chi connectivity index (χ0v) is 15.2. The highest BCUT2D eigenvalue weighted by Gasteiger charge is 2.46. The van der Waals surface area contributed by atoms with Gasteiger partial charge in [0.05, 0.1) is 25.0 Å². The topological polar surface area (TPSA) is 69.4 Å². The van der Waals surface area contributed by atoms with Crippen LogP contribution in [0.2, 0.25) is 0 Å². The van der Waals surface area contributed by atoms with Crippen molar-refractivity contribution in [3.8, 4) is 6.07 Å². The van der Waals surface area contributed by atoms with Crippen LogP contribution in [0.5, 0.6) is 0 Å². The van der Waals surface area contributed by atoms with Crippen LogP contribution in [-0.2, 0) is 10.3 Å². The molecule has 0 radical (unpaired) electrons. The maximum Gasteiger partial charge on any atom is 0.129 e. The van der Waals surface area contributed by atoms with Gasteiger partial charge in [-0.25, -0.2) is 4.98 Å². The maximum atomic E-state index is 11.0. The van der Waals surface area contributed by atoms with Crippen molar-refractivity contribution in [2.24, 2.45) is 5.92 Å². The summed E-state index contributed by atoms with van der Waals surface area (Å²) in [6.45, 7) is 8.73. The number of allylic oxidation sites excluding steroid dienone is 5. The highest BCUT2D eigenvalue weighted by atomic mass is 16.5. The molecule has 26 heavy (non-hydrogen) atoms. The van der Waals surface area contributed by atoms with Crippen LogP contribution >= 0.6 is 0 Å². The molecule has 1 saturated carbocycles. The van der Waals surface area contributed by atoms with Crippen LogP contribution in [-0.4, -0.2) is 36.4 Å². The van der Waals surface area contributed by atoms with Gasteiger partial charge in [0.1, 0.15) is 11.4 Å². The third-order valence-corrected chi connectivity index (χ3v) is 5.03. The van der Waals surface area contributed by atoms with Crippen LogP contribution in [0.25, 0.3) is 0 Å². The molecule has 0 spiro atoms. The van der Waals surface area contributed by atoms with E-state index in [9.17, 15) is 5.11 Å². The zero-order chi connectivity index (χ0) is 18.6. The summed E-state index contributed by atoms with van der Waals surface area (Å²) in [6, 6.07) is 7.89. The van der Waals surface area contributed by atoms with Crippen LogP contribution in [0, 0.1) is 17.2 Å². The molecule has 2 heterocycles.